The molecule has 2 nitrogen and oxygen atoms in total. The zero-order chi connectivity index (χ0) is 12.1. The SMILES string of the molecule is Cc1ccc(-c2ccnc3[nH]c(C4CC4)cc23)s1. The van der Waals surface area contributed by atoms with Crippen LogP contribution in [0.25, 0.3) is 21.5 Å². The standard InChI is InChI=1S/C15H14N2S/c1-9-2-5-14(18-9)11-6-7-16-15-12(11)8-13(17-15)10-3-4-10/h2,5-8,10H,3-4H2,1H3,(H,16,17). The van der Waals surface area contributed by atoms with E-state index in [0.29, 0.717) is 0 Å². The summed E-state index contributed by atoms with van der Waals surface area (Å²) in [6.45, 7) is 2.15. The molecule has 0 radical (unpaired) electrons. The van der Waals surface area contributed by atoms with Crippen molar-refractivity contribution in [3.8, 4) is 10.4 Å². The minimum absolute atomic E-state index is 0.747. The van der Waals surface area contributed by atoms with Crippen LogP contribution in [0, 0.1) is 6.92 Å². The number of H-pyrrole nitrogens is 1. The summed E-state index contributed by atoms with van der Waals surface area (Å²) in [6, 6.07) is 8.81. The lowest BCUT2D eigenvalue weighted by molar-refractivity contribution is 1.05. The van der Waals surface area contributed by atoms with Crippen molar-refractivity contribution in [3.05, 3.63) is 41.0 Å². The number of rotatable bonds is 2. The van der Waals surface area contributed by atoms with E-state index < -0.39 is 0 Å². The molecule has 1 aliphatic rings. The van der Waals surface area contributed by atoms with Gasteiger partial charge < -0.3 is 4.98 Å². The molecule has 1 aliphatic carbocycles. The molecule has 0 bridgehead atoms. The van der Waals surface area contributed by atoms with E-state index in [9.17, 15) is 0 Å². The van der Waals surface area contributed by atoms with Gasteiger partial charge in [0.15, 0.2) is 0 Å². The van der Waals surface area contributed by atoms with Crippen LogP contribution in [0.5, 0.6) is 0 Å². The topological polar surface area (TPSA) is 28.7 Å². The predicted octanol–water partition coefficient (Wildman–Crippen LogP) is 4.48. The molecule has 0 amide bonds. The predicted molar refractivity (Wildman–Crippen MR) is 76.1 cm³/mol. The van der Waals surface area contributed by atoms with Crippen molar-refractivity contribution < 1.29 is 0 Å². The number of aryl methyl sites for hydroxylation is 1. The smallest absolute Gasteiger partial charge is 0.138 e. The number of hydrogen-bond acceptors (Lipinski definition) is 2. The number of nitrogens with one attached hydrogen (secondary N) is 1. The van der Waals surface area contributed by atoms with Gasteiger partial charge in [-0.05, 0) is 49.9 Å². The van der Waals surface area contributed by atoms with Crippen LogP contribution in [-0.4, -0.2) is 9.97 Å². The van der Waals surface area contributed by atoms with Gasteiger partial charge in [0.2, 0.25) is 0 Å². The van der Waals surface area contributed by atoms with Gasteiger partial charge in [-0.15, -0.1) is 11.3 Å². The molecule has 0 saturated heterocycles. The molecule has 1 fully saturated rings. The van der Waals surface area contributed by atoms with Crippen LogP contribution >= 0.6 is 11.3 Å². The number of aromatic amines is 1. The van der Waals surface area contributed by atoms with Gasteiger partial charge in [0, 0.05) is 32.6 Å². The maximum atomic E-state index is 4.45. The molecule has 3 heterocycles. The largest absolute Gasteiger partial charge is 0.343 e. The molecule has 0 aliphatic heterocycles. The first-order valence-corrected chi connectivity index (χ1v) is 7.17. The third-order valence-corrected chi connectivity index (χ3v) is 4.61. The number of pyridine rings is 1. The highest BCUT2D eigenvalue weighted by molar-refractivity contribution is 7.15. The molecule has 90 valence electrons. The first-order chi connectivity index (χ1) is 8.81. The van der Waals surface area contributed by atoms with Crippen LogP contribution in [0.4, 0.5) is 0 Å². The van der Waals surface area contributed by atoms with Crippen molar-refractivity contribution in [2.24, 2.45) is 0 Å². The minimum atomic E-state index is 0.747. The molecule has 4 rings (SSSR count). The van der Waals surface area contributed by atoms with Crippen molar-refractivity contribution in [3.63, 3.8) is 0 Å². The molecule has 3 heteroatoms. The lowest BCUT2D eigenvalue weighted by Crippen LogP contribution is -1.79. The van der Waals surface area contributed by atoms with Gasteiger partial charge in [-0.1, -0.05) is 0 Å². The Morgan fingerprint density at radius 3 is 2.89 bits per heavy atom. The van der Waals surface area contributed by atoms with E-state index in [1.807, 2.05) is 17.5 Å². The van der Waals surface area contributed by atoms with Crippen LogP contribution in [0.1, 0.15) is 29.3 Å². The van der Waals surface area contributed by atoms with E-state index in [2.05, 4.69) is 41.2 Å². The summed E-state index contributed by atoms with van der Waals surface area (Å²) in [7, 11) is 0. The number of thiophene rings is 1. The molecule has 0 unspecified atom stereocenters. The van der Waals surface area contributed by atoms with E-state index >= 15 is 0 Å². The van der Waals surface area contributed by atoms with Gasteiger partial charge in [0.05, 0.1) is 0 Å². The molecule has 3 aromatic heterocycles. The number of aromatic nitrogens is 2. The van der Waals surface area contributed by atoms with Crippen LogP contribution in [0.3, 0.4) is 0 Å². The number of hydrogen-bond donors (Lipinski definition) is 1. The summed E-state index contributed by atoms with van der Waals surface area (Å²) in [5.41, 5.74) is 3.69. The number of nitrogens with zero attached hydrogens (tertiary/aromatic N) is 1. The molecule has 1 N–H and O–H groups in total. The molecule has 3 aromatic rings. The van der Waals surface area contributed by atoms with Crippen molar-refractivity contribution in [1.82, 2.24) is 9.97 Å². The van der Waals surface area contributed by atoms with Crippen molar-refractivity contribution in [1.29, 1.82) is 0 Å². The maximum absolute atomic E-state index is 4.45. The van der Waals surface area contributed by atoms with Crippen LogP contribution in [-0.2, 0) is 0 Å². The Morgan fingerprint density at radius 1 is 1.28 bits per heavy atom. The second-order valence-corrected chi connectivity index (χ2v) is 6.32. The molecule has 0 atom stereocenters. The minimum Gasteiger partial charge on any atom is -0.343 e. The Balaban J connectivity index is 1.93. The molecule has 18 heavy (non-hydrogen) atoms. The Bertz CT molecular complexity index is 719. The Kier molecular flexibility index (Phi) is 2.12. The molecular weight excluding hydrogens is 240 g/mol. The monoisotopic (exact) mass is 254 g/mol. The summed E-state index contributed by atoms with van der Waals surface area (Å²) in [5.74, 6) is 0.747. The Labute approximate surface area is 110 Å². The summed E-state index contributed by atoms with van der Waals surface area (Å²) in [4.78, 5) is 10.6. The molecule has 0 aromatic carbocycles. The lowest BCUT2D eigenvalue weighted by atomic mass is 10.1. The summed E-state index contributed by atoms with van der Waals surface area (Å²) < 4.78 is 0. The van der Waals surface area contributed by atoms with Crippen LogP contribution in [0.15, 0.2) is 30.5 Å². The summed E-state index contributed by atoms with van der Waals surface area (Å²) in [6.07, 6.45) is 4.54. The lowest BCUT2D eigenvalue weighted by Gasteiger charge is -1.98. The van der Waals surface area contributed by atoms with Crippen molar-refractivity contribution in [2.75, 3.05) is 0 Å². The second kappa shape index (κ2) is 3.69. The summed E-state index contributed by atoms with van der Waals surface area (Å²) >= 11 is 1.85. The average molecular weight is 254 g/mol. The fraction of sp³-hybridized carbons (Fsp3) is 0.267. The van der Waals surface area contributed by atoms with Gasteiger partial charge in [0.1, 0.15) is 5.65 Å². The Hall–Kier alpha value is -1.61. The van der Waals surface area contributed by atoms with Gasteiger partial charge in [0.25, 0.3) is 0 Å². The molecular formula is C15H14N2S. The van der Waals surface area contributed by atoms with E-state index in [1.54, 1.807) is 0 Å². The highest BCUT2D eigenvalue weighted by atomic mass is 32.1. The van der Waals surface area contributed by atoms with Gasteiger partial charge in [-0.25, -0.2) is 4.98 Å². The average Bonchev–Trinajstić information content (AvgIpc) is 2.99. The van der Waals surface area contributed by atoms with Crippen LogP contribution < -0.4 is 0 Å². The van der Waals surface area contributed by atoms with Gasteiger partial charge in [-0.2, -0.15) is 0 Å². The van der Waals surface area contributed by atoms with Crippen molar-refractivity contribution >= 4 is 22.4 Å². The van der Waals surface area contributed by atoms with Crippen molar-refractivity contribution in [2.45, 2.75) is 25.7 Å². The van der Waals surface area contributed by atoms with E-state index in [0.717, 1.165) is 11.6 Å². The third-order valence-electron chi connectivity index (χ3n) is 3.58. The third kappa shape index (κ3) is 1.58. The van der Waals surface area contributed by atoms with E-state index in [1.165, 1.54) is 39.2 Å². The fourth-order valence-electron chi connectivity index (χ4n) is 2.46. The first-order valence-electron chi connectivity index (χ1n) is 6.36. The zero-order valence-electron chi connectivity index (χ0n) is 10.2. The highest BCUT2D eigenvalue weighted by Gasteiger charge is 2.25. The fourth-order valence-corrected chi connectivity index (χ4v) is 3.36. The Morgan fingerprint density at radius 2 is 2.17 bits per heavy atom. The number of fused-ring (bicyclic) bond motifs is 1. The van der Waals surface area contributed by atoms with Crippen LogP contribution in [0.2, 0.25) is 0 Å². The maximum Gasteiger partial charge on any atom is 0.138 e. The van der Waals surface area contributed by atoms with Gasteiger partial charge >= 0.3 is 0 Å². The molecule has 1 saturated carbocycles. The first kappa shape index (κ1) is 10.3. The zero-order valence-corrected chi connectivity index (χ0v) is 11.1. The summed E-state index contributed by atoms with van der Waals surface area (Å²) in [5, 5.41) is 1.27. The quantitative estimate of drug-likeness (QED) is 0.717. The van der Waals surface area contributed by atoms with Gasteiger partial charge in [-0.3, -0.25) is 0 Å². The second-order valence-electron chi connectivity index (χ2n) is 5.03. The molecule has 0 spiro atoms. The highest BCUT2D eigenvalue weighted by Crippen LogP contribution is 2.42. The van der Waals surface area contributed by atoms with E-state index in [4.69, 9.17) is 0 Å². The van der Waals surface area contributed by atoms with E-state index in [-0.39, 0.29) is 0 Å². The normalized spacial score (nSPS) is 15.4.